The van der Waals surface area contributed by atoms with E-state index in [0.29, 0.717) is 17.8 Å². The molecule has 1 fully saturated rings. The predicted molar refractivity (Wildman–Crippen MR) is 110 cm³/mol. The smallest absolute Gasteiger partial charge is 0.251 e. The molecule has 2 amide bonds. The topological polar surface area (TPSA) is 61.4 Å². The number of amides is 2. The summed E-state index contributed by atoms with van der Waals surface area (Å²) in [6.45, 7) is 6.48. The second-order valence-corrected chi connectivity index (χ2v) is 8.20. The van der Waals surface area contributed by atoms with E-state index in [2.05, 4.69) is 40.0 Å². The summed E-state index contributed by atoms with van der Waals surface area (Å²) >= 11 is 1.74. The third kappa shape index (κ3) is 5.40. The fourth-order valence-electron chi connectivity index (χ4n) is 3.46. The number of piperidine rings is 1. The van der Waals surface area contributed by atoms with Crippen molar-refractivity contribution in [3.63, 3.8) is 0 Å². The standard InChI is InChI=1S/C21H27N3O2S/c1-15-8-10-24(11-9-15)19(20-7-4-12-27-20)14-22-21(26)17-5-3-6-18(13-17)23-16(2)25/h3-7,12-13,15,19H,8-11,14H2,1-2H3,(H,22,26)(H,23,25). The van der Waals surface area contributed by atoms with Crippen molar-refractivity contribution in [3.8, 4) is 0 Å². The molecule has 1 saturated heterocycles. The van der Waals surface area contributed by atoms with Crippen molar-refractivity contribution in [1.29, 1.82) is 0 Å². The first-order chi connectivity index (χ1) is 13.0. The summed E-state index contributed by atoms with van der Waals surface area (Å²) in [6, 6.07) is 11.5. The Kier molecular flexibility index (Phi) is 6.63. The molecule has 1 aromatic carbocycles. The first-order valence-corrected chi connectivity index (χ1v) is 10.3. The van der Waals surface area contributed by atoms with Crippen LogP contribution in [0, 0.1) is 5.92 Å². The monoisotopic (exact) mass is 385 g/mol. The van der Waals surface area contributed by atoms with E-state index in [1.54, 1.807) is 35.6 Å². The molecule has 0 saturated carbocycles. The van der Waals surface area contributed by atoms with E-state index < -0.39 is 0 Å². The van der Waals surface area contributed by atoms with Crippen LogP contribution in [0.15, 0.2) is 41.8 Å². The molecule has 0 radical (unpaired) electrons. The van der Waals surface area contributed by atoms with Crippen molar-refractivity contribution in [2.24, 2.45) is 5.92 Å². The molecule has 6 heteroatoms. The van der Waals surface area contributed by atoms with Crippen LogP contribution in [0.4, 0.5) is 5.69 Å². The molecular weight excluding hydrogens is 358 g/mol. The summed E-state index contributed by atoms with van der Waals surface area (Å²) in [5.41, 5.74) is 1.19. The largest absolute Gasteiger partial charge is 0.350 e. The lowest BCUT2D eigenvalue weighted by atomic mass is 9.97. The Hall–Kier alpha value is -2.18. The van der Waals surface area contributed by atoms with Crippen LogP contribution in [0.25, 0.3) is 0 Å². The van der Waals surface area contributed by atoms with Gasteiger partial charge in [-0.25, -0.2) is 0 Å². The minimum Gasteiger partial charge on any atom is -0.350 e. The molecule has 3 rings (SSSR count). The van der Waals surface area contributed by atoms with E-state index in [4.69, 9.17) is 0 Å². The quantitative estimate of drug-likeness (QED) is 0.792. The number of benzene rings is 1. The minimum atomic E-state index is -0.148. The number of carbonyl (C=O) groups excluding carboxylic acids is 2. The summed E-state index contributed by atoms with van der Waals surface area (Å²) in [4.78, 5) is 27.7. The molecule has 0 aliphatic carbocycles. The van der Waals surface area contributed by atoms with Crippen molar-refractivity contribution in [3.05, 3.63) is 52.2 Å². The fraction of sp³-hybridized carbons (Fsp3) is 0.429. The molecule has 1 aliphatic heterocycles. The highest BCUT2D eigenvalue weighted by molar-refractivity contribution is 7.10. The van der Waals surface area contributed by atoms with Crippen LogP contribution >= 0.6 is 11.3 Å². The van der Waals surface area contributed by atoms with Crippen LogP contribution in [0.5, 0.6) is 0 Å². The number of likely N-dealkylation sites (tertiary alicyclic amines) is 1. The number of thiophene rings is 1. The number of nitrogens with one attached hydrogen (secondary N) is 2. The van der Waals surface area contributed by atoms with E-state index in [9.17, 15) is 9.59 Å². The summed E-state index contributed by atoms with van der Waals surface area (Å²) in [5.74, 6) is 0.509. The van der Waals surface area contributed by atoms with Gasteiger partial charge >= 0.3 is 0 Å². The number of rotatable bonds is 6. The highest BCUT2D eigenvalue weighted by Gasteiger charge is 2.25. The minimum absolute atomic E-state index is 0.117. The van der Waals surface area contributed by atoms with Crippen molar-refractivity contribution in [2.75, 3.05) is 25.0 Å². The van der Waals surface area contributed by atoms with Gasteiger partial charge in [0.1, 0.15) is 0 Å². The third-order valence-electron chi connectivity index (χ3n) is 5.03. The highest BCUT2D eigenvalue weighted by Crippen LogP contribution is 2.29. The molecule has 0 bridgehead atoms. The molecule has 1 unspecified atom stereocenters. The van der Waals surface area contributed by atoms with E-state index in [1.165, 1.54) is 24.6 Å². The summed E-state index contributed by atoms with van der Waals surface area (Å²) < 4.78 is 0. The lowest BCUT2D eigenvalue weighted by Gasteiger charge is -2.36. The van der Waals surface area contributed by atoms with Crippen LogP contribution in [0.2, 0.25) is 0 Å². The van der Waals surface area contributed by atoms with Crippen LogP contribution in [-0.4, -0.2) is 36.3 Å². The molecule has 1 atom stereocenters. The van der Waals surface area contributed by atoms with Gasteiger partial charge in [0.05, 0.1) is 6.04 Å². The van der Waals surface area contributed by atoms with Gasteiger partial charge < -0.3 is 10.6 Å². The Morgan fingerprint density at radius 1 is 1.22 bits per heavy atom. The SMILES string of the molecule is CC(=O)Nc1cccc(C(=O)NCC(c2cccs2)N2CCC(C)CC2)c1. The third-order valence-corrected chi connectivity index (χ3v) is 6.01. The molecule has 1 aromatic heterocycles. The average Bonchev–Trinajstić information content (AvgIpc) is 3.17. The van der Waals surface area contributed by atoms with Gasteiger partial charge in [-0.2, -0.15) is 0 Å². The maximum absolute atomic E-state index is 12.7. The fourth-order valence-corrected chi connectivity index (χ4v) is 4.32. The van der Waals surface area contributed by atoms with Crippen molar-refractivity contribution in [1.82, 2.24) is 10.2 Å². The van der Waals surface area contributed by atoms with Gasteiger partial charge in [-0.3, -0.25) is 14.5 Å². The van der Waals surface area contributed by atoms with Gasteiger partial charge in [0.15, 0.2) is 0 Å². The van der Waals surface area contributed by atoms with Crippen LogP contribution in [0.3, 0.4) is 0 Å². The first kappa shape index (κ1) is 19.6. The van der Waals surface area contributed by atoms with E-state index >= 15 is 0 Å². The molecule has 1 aliphatic rings. The van der Waals surface area contributed by atoms with Crippen molar-refractivity contribution < 1.29 is 9.59 Å². The molecule has 2 aromatic rings. The van der Waals surface area contributed by atoms with Crippen LogP contribution in [0.1, 0.15) is 48.0 Å². The second-order valence-electron chi connectivity index (χ2n) is 7.22. The lowest BCUT2D eigenvalue weighted by Crippen LogP contribution is -2.41. The predicted octanol–water partition coefficient (Wildman–Crippen LogP) is 3.91. The number of anilines is 1. The lowest BCUT2D eigenvalue weighted by molar-refractivity contribution is -0.114. The second kappa shape index (κ2) is 9.15. The maximum atomic E-state index is 12.7. The highest BCUT2D eigenvalue weighted by atomic mass is 32.1. The summed E-state index contributed by atoms with van der Waals surface area (Å²) in [5, 5.41) is 7.90. The summed E-state index contributed by atoms with van der Waals surface area (Å²) in [6.07, 6.45) is 2.41. The average molecular weight is 386 g/mol. The van der Waals surface area contributed by atoms with E-state index in [-0.39, 0.29) is 17.9 Å². The molecule has 27 heavy (non-hydrogen) atoms. The van der Waals surface area contributed by atoms with Gasteiger partial charge in [0.25, 0.3) is 5.91 Å². The van der Waals surface area contributed by atoms with Crippen LogP contribution in [-0.2, 0) is 4.79 Å². The van der Waals surface area contributed by atoms with Gasteiger partial charge in [0, 0.05) is 29.6 Å². The molecule has 2 N–H and O–H groups in total. The Bertz CT molecular complexity index is 767. The zero-order chi connectivity index (χ0) is 19.2. The zero-order valence-electron chi connectivity index (χ0n) is 15.9. The Morgan fingerprint density at radius 2 is 2.00 bits per heavy atom. The van der Waals surface area contributed by atoms with Gasteiger partial charge in [0.2, 0.25) is 5.91 Å². The molecular formula is C21H27N3O2S. The molecule has 5 nitrogen and oxygen atoms in total. The van der Waals surface area contributed by atoms with Gasteiger partial charge in [-0.1, -0.05) is 19.1 Å². The molecule has 0 spiro atoms. The first-order valence-electron chi connectivity index (χ1n) is 9.46. The maximum Gasteiger partial charge on any atom is 0.251 e. The number of nitrogens with zero attached hydrogens (tertiary/aromatic N) is 1. The summed E-state index contributed by atoms with van der Waals surface area (Å²) in [7, 11) is 0. The Labute approximate surface area is 164 Å². The van der Waals surface area contributed by atoms with Crippen molar-refractivity contribution >= 4 is 28.8 Å². The molecule has 144 valence electrons. The Morgan fingerprint density at radius 3 is 2.67 bits per heavy atom. The Balaban J connectivity index is 1.66. The van der Waals surface area contributed by atoms with E-state index in [1.807, 2.05) is 0 Å². The normalized spacial score (nSPS) is 16.7. The van der Waals surface area contributed by atoms with Crippen molar-refractivity contribution in [2.45, 2.75) is 32.7 Å². The van der Waals surface area contributed by atoms with E-state index in [0.717, 1.165) is 19.0 Å². The van der Waals surface area contributed by atoms with Crippen LogP contribution < -0.4 is 10.6 Å². The number of hydrogen-bond acceptors (Lipinski definition) is 4. The number of hydrogen-bond donors (Lipinski definition) is 2. The van der Waals surface area contributed by atoms with Gasteiger partial charge in [-0.05, 0) is 61.5 Å². The van der Waals surface area contributed by atoms with Gasteiger partial charge in [-0.15, -0.1) is 11.3 Å². The zero-order valence-corrected chi connectivity index (χ0v) is 16.7. The number of carbonyl (C=O) groups is 2. The molecule has 2 heterocycles.